The summed E-state index contributed by atoms with van der Waals surface area (Å²) >= 11 is 5.61. The SMILES string of the molecule is O=[N+]([O-])C(Br)=Cc1cccc(C=C(Br)[N+](=O)[O-])c1. The van der Waals surface area contributed by atoms with Gasteiger partial charge in [-0.2, -0.15) is 0 Å². The molecule has 1 aromatic rings. The van der Waals surface area contributed by atoms with Gasteiger partial charge in [-0.25, -0.2) is 0 Å². The van der Waals surface area contributed by atoms with Gasteiger partial charge in [0.1, 0.15) is 0 Å². The van der Waals surface area contributed by atoms with Gasteiger partial charge in [-0.05, 0) is 17.2 Å². The average Bonchev–Trinajstić information content (AvgIpc) is 2.29. The van der Waals surface area contributed by atoms with E-state index >= 15 is 0 Å². The second kappa shape index (κ2) is 6.41. The van der Waals surface area contributed by atoms with E-state index in [0.717, 1.165) is 0 Å². The van der Waals surface area contributed by atoms with Crippen molar-refractivity contribution in [3.63, 3.8) is 0 Å². The van der Waals surface area contributed by atoms with Crippen LogP contribution in [-0.2, 0) is 0 Å². The average molecular weight is 378 g/mol. The van der Waals surface area contributed by atoms with Crippen LogP contribution in [-0.4, -0.2) is 9.85 Å². The Morgan fingerprint density at radius 1 is 1.00 bits per heavy atom. The van der Waals surface area contributed by atoms with E-state index in [1.165, 1.54) is 12.2 Å². The summed E-state index contributed by atoms with van der Waals surface area (Å²) in [5.41, 5.74) is 1.13. The van der Waals surface area contributed by atoms with Gasteiger partial charge in [0.15, 0.2) is 0 Å². The van der Waals surface area contributed by atoms with Crippen LogP contribution in [0.5, 0.6) is 0 Å². The van der Waals surface area contributed by atoms with Crippen molar-refractivity contribution in [1.82, 2.24) is 0 Å². The Morgan fingerprint density at radius 3 is 1.72 bits per heavy atom. The Bertz CT molecular complexity index is 509. The molecule has 0 aromatic heterocycles. The fraction of sp³-hybridized carbons (Fsp3) is 0. The highest BCUT2D eigenvalue weighted by Gasteiger charge is 2.06. The molecule has 1 aromatic carbocycles. The minimum Gasteiger partial charge on any atom is -0.258 e. The normalized spacial score (nSPS) is 12.3. The number of rotatable bonds is 4. The molecule has 0 aliphatic rings. The van der Waals surface area contributed by atoms with Crippen LogP contribution >= 0.6 is 31.9 Å². The molecule has 0 amide bonds. The monoisotopic (exact) mass is 376 g/mol. The molecular weight excluding hydrogens is 372 g/mol. The maximum Gasteiger partial charge on any atom is 0.311 e. The van der Waals surface area contributed by atoms with Crippen LogP contribution in [0.15, 0.2) is 33.5 Å². The summed E-state index contributed by atoms with van der Waals surface area (Å²) in [4.78, 5) is 19.7. The number of hydrogen-bond acceptors (Lipinski definition) is 4. The summed E-state index contributed by atoms with van der Waals surface area (Å²) in [6.07, 6.45) is 2.63. The number of nitro groups is 2. The van der Waals surface area contributed by atoms with Gasteiger partial charge in [-0.15, -0.1) is 0 Å². The molecule has 0 saturated carbocycles. The van der Waals surface area contributed by atoms with E-state index in [1.54, 1.807) is 24.3 Å². The molecule has 0 radical (unpaired) electrons. The van der Waals surface area contributed by atoms with Crippen LogP contribution in [0.4, 0.5) is 0 Å². The predicted octanol–water partition coefficient (Wildman–Crippen LogP) is 3.63. The molecule has 0 bridgehead atoms. The lowest BCUT2D eigenvalue weighted by molar-refractivity contribution is -0.407. The second-order valence-electron chi connectivity index (χ2n) is 3.12. The van der Waals surface area contributed by atoms with Crippen molar-refractivity contribution in [1.29, 1.82) is 0 Å². The second-order valence-corrected chi connectivity index (χ2v) is 4.74. The predicted molar refractivity (Wildman–Crippen MR) is 74.2 cm³/mol. The first kappa shape index (κ1) is 14.5. The van der Waals surface area contributed by atoms with Crippen molar-refractivity contribution in [3.8, 4) is 0 Å². The molecule has 1 rings (SSSR count). The van der Waals surface area contributed by atoms with Crippen molar-refractivity contribution < 1.29 is 9.85 Å². The molecule has 6 nitrogen and oxygen atoms in total. The van der Waals surface area contributed by atoms with Crippen molar-refractivity contribution in [3.05, 3.63) is 64.8 Å². The van der Waals surface area contributed by atoms with Gasteiger partial charge >= 0.3 is 9.21 Å². The third kappa shape index (κ3) is 4.38. The van der Waals surface area contributed by atoms with Crippen molar-refractivity contribution >= 4 is 44.0 Å². The van der Waals surface area contributed by atoms with E-state index in [0.29, 0.717) is 11.1 Å². The van der Waals surface area contributed by atoms with Crippen LogP contribution in [0, 0.1) is 20.2 Å². The highest BCUT2D eigenvalue weighted by atomic mass is 79.9. The zero-order chi connectivity index (χ0) is 13.7. The highest BCUT2D eigenvalue weighted by molar-refractivity contribution is 9.11. The minimum atomic E-state index is -0.574. The summed E-state index contributed by atoms with van der Waals surface area (Å²) in [5.74, 6) is 0. The first-order valence-corrected chi connectivity index (χ1v) is 6.12. The van der Waals surface area contributed by atoms with Gasteiger partial charge in [0, 0.05) is 44.0 Å². The van der Waals surface area contributed by atoms with Gasteiger partial charge in [0.05, 0.1) is 9.85 Å². The zero-order valence-electron chi connectivity index (χ0n) is 8.75. The van der Waals surface area contributed by atoms with Gasteiger partial charge in [-0.3, -0.25) is 20.2 Å². The van der Waals surface area contributed by atoms with Crippen LogP contribution in [0.1, 0.15) is 11.1 Å². The molecule has 0 spiro atoms. The van der Waals surface area contributed by atoms with E-state index in [1.807, 2.05) is 0 Å². The Labute approximate surface area is 119 Å². The molecular formula is C10H6Br2N2O4. The topological polar surface area (TPSA) is 86.3 Å². The third-order valence-electron chi connectivity index (χ3n) is 1.83. The van der Waals surface area contributed by atoms with Crippen molar-refractivity contribution in [2.24, 2.45) is 0 Å². The minimum absolute atomic E-state index is 0.183. The molecule has 0 unspecified atom stereocenters. The molecule has 8 heteroatoms. The molecule has 0 heterocycles. The first-order valence-electron chi connectivity index (χ1n) is 4.53. The van der Waals surface area contributed by atoms with E-state index in [9.17, 15) is 20.2 Å². The fourth-order valence-corrected chi connectivity index (χ4v) is 1.65. The quantitative estimate of drug-likeness (QED) is 0.455. The van der Waals surface area contributed by atoms with E-state index in [2.05, 4.69) is 31.9 Å². The molecule has 0 aliphatic heterocycles. The van der Waals surface area contributed by atoms with Crippen molar-refractivity contribution in [2.75, 3.05) is 0 Å². The molecule has 0 saturated heterocycles. The molecule has 0 atom stereocenters. The first-order chi connectivity index (χ1) is 8.40. The van der Waals surface area contributed by atoms with Crippen LogP contribution in [0.25, 0.3) is 12.2 Å². The van der Waals surface area contributed by atoms with Crippen LogP contribution < -0.4 is 0 Å². The Balaban J connectivity index is 3.07. The fourth-order valence-electron chi connectivity index (χ4n) is 1.12. The molecule has 0 N–H and O–H groups in total. The molecule has 0 aliphatic carbocycles. The number of nitrogens with zero attached hydrogens (tertiary/aromatic N) is 2. The summed E-state index contributed by atoms with van der Waals surface area (Å²) in [5, 5.41) is 20.9. The molecule has 0 fully saturated rings. The van der Waals surface area contributed by atoms with Gasteiger partial charge < -0.3 is 0 Å². The van der Waals surface area contributed by atoms with E-state index < -0.39 is 9.85 Å². The number of halogens is 2. The maximum atomic E-state index is 10.4. The van der Waals surface area contributed by atoms with Crippen LogP contribution in [0.2, 0.25) is 0 Å². The lowest BCUT2D eigenvalue weighted by atomic mass is 10.1. The van der Waals surface area contributed by atoms with Gasteiger partial charge in [0.2, 0.25) is 0 Å². The van der Waals surface area contributed by atoms with Crippen molar-refractivity contribution in [2.45, 2.75) is 0 Å². The summed E-state index contributed by atoms with van der Waals surface area (Å²) in [7, 11) is 0. The lowest BCUT2D eigenvalue weighted by Gasteiger charge is -1.96. The van der Waals surface area contributed by atoms with E-state index in [4.69, 9.17) is 0 Å². The Morgan fingerprint density at radius 2 is 1.39 bits per heavy atom. The van der Waals surface area contributed by atoms with Crippen LogP contribution in [0.3, 0.4) is 0 Å². The largest absolute Gasteiger partial charge is 0.311 e. The van der Waals surface area contributed by atoms with Gasteiger partial charge in [-0.1, -0.05) is 18.2 Å². The number of benzene rings is 1. The standard InChI is InChI=1S/C10H6Br2N2O4/c11-9(13(15)16)5-7-2-1-3-8(4-7)6-10(12)14(17)18/h1-6H. The summed E-state index contributed by atoms with van der Waals surface area (Å²) in [6, 6.07) is 6.55. The summed E-state index contributed by atoms with van der Waals surface area (Å²) < 4.78 is -0.367. The molecule has 18 heavy (non-hydrogen) atoms. The highest BCUT2D eigenvalue weighted by Crippen LogP contribution is 2.17. The maximum absolute atomic E-state index is 10.4. The van der Waals surface area contributed by atoms with E-state index in [-0.39, 0.29) is 9.21 Å². The Kier molecular flexibility index (Phi) is 5.17. The lowest BCUT2D eigenvalue weighted by Crippen LogP contribution is -1.91. The molecule has 94 valence electrons. The smallest absolute Gasteiger partial charge is 0.258 e. The zero-order valence-corrected chi connectivity index (χ0v) is 11.9. The third-order valence-corrected chi connectivity index (χ3v) is 2.87. The van der Waals surface area contributed by atoms with Gasteiger partial charge in [0.25, 0.3) is 0 Å². The summed E-state index contributed by atoms with van der Waals surface area (Å²) in [6.45, 7) is 0. The number of hydrogen-bond donors (Lipinski definition) is 0. The Hall–Kier alpha value is -1.54.